The van der Waals surface area contributed by atoms with Crippen molar-refractivity contribution in [2.24, 2.45) is 11.3 Å². The Hall–Kier alpha value is -6.42. The van der Waals surface area contributed by atoms with Crippen LogP contribution in [0, 0.1) is 27.3 Å². The van der Waals surface area contributed by atoms with Gasteiger partial charge in [-0.25, -0.2) is 22.5 Å². The number of nitrogens with zero attached hydrogens (tertiary/aromatic N) is 6. The molecule has 2 aliphatic heterocycles. The van der Waals surface area contributed by atoms with Crippen molar-refractivity contribution in [1.82, 2.24) is 29.5 Å². The molecule has 2 saturated carbocycles. The van der Waals surface area contributed by atoms with E-state index in [2.05, 4.69) is 73.1 Å². The third kappa shape index (κ3) is 11.3. The number of pyridine rings is 2. The molecule has 74 heavy (non-hydrogen) atoms. The monoisotopic (exact) mass is 1040 g/mol. The number of H-pyrrole nitrogens is 1. The highest BCUT2D eigenvalue weighted by Gasteiger charge is 2.50. The van der Waals surface area contributed by atoms with Gasteiger partial charge < -0.3 is 34.5 Å². The van der Waals surface area contributed by atoms with Crippen LogP contribution in [0.25, 0.3) is 11.0 Å². The normalized spacial score (nSPS) is 21.6. The van der Waals surface area contributed by atoms with Crippen LogP contribution in [0.5, 0.6) is 17.4 Å². The Balaban J connectivity index is 0.922. The minimum Gasteiger partial charge on any atom is -0.478 e. The fraction of sp³-hybridized carbons (Fsp3) is 0.509. The number of carbonyl (C=O) groups excluding carboxylic acids is 2. The number of halogens is 1. The van der Waals surface area contributed by atoms with E-state index in [4.69, 9.17) is 14.2 Å². The minimum atomic E-state index is -4.75. The number of carbonyl (C=O) groups is 2. The zero-order chi connectivity index (χ0) is 52.5. The molecule has 5 aromatic rings. The third-order valence-electron chi connectivity index (χ3n) is 15.8. The molecule has 0 unspecified atom stereocenters. The van der Waals surface area contributed by atoms with Crippen LogP contribution in [-0.4, -0.2) is 127 Å². The van der Waals surface area contributed by atoms with Crippen molar-refractivity contribution in [2.45, 2.75) is 107 Å². The Morgan fingerprint density at radius 1 is 1.01 bits per heavy atom. The second-order valence-corrected chi connectivity index (χ2v) is 22.8. The molecule has 4 aliphatic rings. The average Bonchev–Trinajstić information content (AvgIpc) is 3.74. The summed E-state index contributed by atoms with van der Waals surface area (Å²) in [5.74, 6) is -1.67. The molecule has 396 valence electrons. The molecular formula is C53H66FN9O10S. The summed E-state index contributed by atoms with van der Waals surface area (Å²) >= 11 is 0. The SMILES string of the molecule is COC(=O)CCN1CCN(C2CC3(CCN(c4ccc(C(=O)NS(=O)(=O)c5cnc(NCC6CCC(C)(O)CC6)c([N+](=O)[O-])c5)c(Oc5cc6c(F)c[nH]c6nc5OC)c4)CC3)C2)[C@H](c2ccccc2C(C)C)C1. The lowest BCUT2D eigenvalue weighted by Crippen LogP contribution is -2.60. The lowest BCUT2D eigenvalue weighted by atomic mass is 9.59. The van der Waals surface area contributed by atoms with Crippen LogP contribution in [0.15, 0.2) is 71.9 Å². The lowest BCUT2D eigenvalue weighted by molar-refractivity contribution is -0.384. The van der Waals surface area contributed by atoms with E-state index in [0.29, 0.717) is 75.9 Å². The Bertz CT molecular complexity index is 3000. The van der Waals surface area contributed by atoms with Crippen molar-refractivity contribution in [2.75, 3.05) is 70.2 Å². The number of piperazine rings is 1. The van der Waals surface area contributed by atoms with Gasteiger partial charge >= 0.3 is 11.7 Å². The van der Waals surface area contributed by atoms with E-state index in [-0.39, 0.29) is 63.1 Å². The molecule has 2 saturated heterocycles. The van der Waals surface area contributed by atoms with E-state index in [1.54, 1.807) is 19.1 Å². The van der Waals surface area contributed by atoms with E-state index in [9.17, 15) is 37.6 Å². The largest absolute Gasteiger partial charge is 0.478 e. The Kier molecular flexibility index (Phi) is 15.2. The van der Waals surface area contributed by atoms with Crippen LogP contribution in [0.4, 0.5) is 21.6 Å². The summed E-state index contributed by atoms with van der Waals surface area (Å²) in [4.78, 5) is 55.6. The molecule has 0 radical (unpaired) electrons. The van der Waals surface area contributed by atoms with Crippen LogP contribution in [-0.2, 0) is 19.6 Å². The first-order chi connectivity index (χ1) is 35.3. The summed E-state index contributed by atoms with van der Waals surface area (Å²) in [5.41, 5.74) is 2.19. The van der Waals surface area contributed by atoms with Crippen LogP contribution < -0.4 is 24.4 Å². The van der Waals surface area contributed by atoms with Crippen molar-refractivity contribution < 1.29 is 46.6 Å². The number of hydrogen-bond acceptors (Lipinski definition) is 16. The topological polar surface area (TPSA) is 235 Å². The number of rotatable bonds is 17. The molecule has 19 nitrogen and oxygen atoms in total. The molecule has 2 aromatic carbocycles. The number of aromatic amines is 1. The van der Waals surface area contributed by atoms with E-state index in [1.807, 2.05) is 4.72 Å². The number of sulfonamides is 1. The summed E-state index contributed by atoms with van der Waals surface area (Å²) < 4.78 is 61.4. The van der Waals surface area contributed by atoms with Gasteiger partial charge in [-0.3, -0.25) is 29.5 Å². The molecule has 1 atom stereocenters. The van der Waals surface area contributed by atoms with Gasteiger partial charge in [0.05, 0.1) is 48.3 Å². The second-order valence-electron chi connectivity index (χ2n) is 21.1. The first-order valence-electron chi connectivity index (χ1n) is 25.4. The summed E-state index contributed by atoms with van der Waals surface area (Å²) in [6, 6.07) is 16.3. The summed E-state index contributed by atoms with van der Waals surface area (Å²) in [6.07, 6.45) is 8.98. The molecule has 1 spiro atoms. The van der Waals surface area contributed by atoms with Crippen LogP contribution in [0.1, 0.15) is 112 Å². The summed E-state index contributed by atoms with van der Waals surface area (Å²) in [5, 5.41) is 25.6. The highest BCUT2D eigenvalue weighted by molar-refractivity contribution is 7.90. The van der Waals surface area contributed by atoms with E-state index >= 15 is 0 Å². The summed E-state index contributed by atoms with van der Waals surface area (Å²) in [7, 11) is -1.96. The average molecular weight is 1040 g/mol. The van der Waals surface area contributed by atoms with Crippen LogP contribution in [0.2, 0.25) is 0 Å². The standard InChI is InChI=1S/C53H66FN9O10S/c1-33(2)38-8-6-7-9-39(38)44-32-60(19-14-47(64)71-4)22-23-62(44)36-27-53(28-36)17-20-61(21-18-53)35-10-11-40(45(24-35)73-46-26-41-42(54)31-57-48(41)58-51(46)72-5)50(65)59-74(69,70)37-25-43(63(67)68)49(56-30-37)55-29-34-12-15-52(3,66)16-13-34/h6-11,24-26,30-31,33-34,36,44,66H,12-23,27-29,32H2,1-5H3,(H,55,56)(H,57,58)(H,59,65)/t34?,44-,52?/m0/s1. The molecule has 1 amide bonds. The lowest BCUT2D eigenvalue weighted by Gasteiger charge is -2.58. The summed E-state index contributed by atoms with van der Waals surface area (Å²) in [6.45, 7) is 11.2. The minimum absolute atomic E-state index is 0.0248. The van der Waals surface area contributed by atoms with Gasteiger partial charge in [-0.05, 0) is 98.8 Å². The van der Waals surface area contributed by atoms with Crippen molar-refractivity contribution in [3.05, 3.63) is 99.6 Å². The molecule has 0 bridgehead atoms. The fourth-order valence-electron chi connectivity index (χ4n) is 11.4. The highest BCUT2D eigenvalue weighted by atomic mass is 32.2. The number of benzene rings is 2. The molecule has 3 aromatic heterocycles. The van der Waals surface area contributed by atoms with Crippen molar-refractivity contribution in [3.63, 3.8) is 0 Å². The number of nitrogens with one attached hydrogen (secondary N) is 3. The third-order valence-corrected chi connectivity index (χ3v) is 17.1. The van der Waals surface area contributed by atoms with Crippen LogP contribution in [0.3, 0.4) is 0 Å². The maximum atomic E-state index is 14.9. The van der Waals surface area contributed by atoms with Crippen molar-refractivity contribution >= 4 is 50.1 Å². The molecule has 2 aliphatic carbocycles. The predicted octanol–water partition coefficient (Wildman–Crippen LogP) is 8.07. The number of ether oxygens (including phenoxy) is 3. The Morgan fingerprint density at radius 2 is 1.76 bits per heavy atom. The van der Waals surface area contributed by atoms with Crippen molar-refractivity contribution in [3.8, 4) is 17.4 Å². The molecule has 4 fully saturated rings. The smallest absolute Gasteiger partial charge is 0.312 e. The fourth-order valence-corrected chi connectivity index (χ4v) is 12.3. The maximum absolute atomic E-state index is 14.9. The second kappa shape index (κ2) is 21.4. The molecule has 21 heteroatoms. The maximum Gasteiger partial charge on any atom is 0.312 e. The van der Waals surface area contributed by atoms with E-state index < -0.39 is 42.9 Å². The molecule has 9 rings (SSSR count). The molecule has 5 heterocycles. The molecular weight excluding hydrogens is 974 g/mol. The number of anilines is 2. The first kappa shape index (κ1) is 52.4. The quantitative estimate of drug-likeness (QED) is 0.0391. The Labute approximate surface area is 430 Å². The van der Waals surface area contributed by atoms with Gasteiger partial charge in [0.1, 0.15) is 22.1 Å². The van der Waals surface area contributed by atoms with Crippen molar-refractivity contribution in [1.29, 1.82) is 0 Å². The predicted molar refractivity (Wildman–Crippen MR) is 276 cm³/mol. The molecule has 4 N–H and O–H groups in total. The van der Waals surface area contributed by atoms with Gasteiger partial charge in [-0.2, -0.15) is 4.98 Å². The number of amides is 1. The number of aromatic nitrogens is 3. The zero-order valence-corrected chi connectivity index (χ0v) is 43.4. The van der Waals surface area contributed by atoms with E-state index in [0.717, 1.165) is 63.8 Å². The van der Waals surface area contributed by atoms with Gasteiger partial charge in [0, 0.05) is 88.0 Å². The van der Waals surface area contributed by atoms with E-state index in [1.165, 1.54) is 37.5 Å². The number of hydrogen-bond donors (Lipinski definition) is 4. The van der Waals surface area contributed by atoms with Gasteiger partial charge in [0.15, 0.2) is 5.75 Å². The Morgan fingerprint density at radius 3 is 2.46 bits per heavy atom. The van der Waals surface area contributed by atoms with Gasteiger partial charge in [-0.15, -0.1) is 0 Å². The van der Waals surface area contributed by atoms with Gasteiger partial charge in [0.2, 0.25) is 5.82 Å². The number of methoxy groups -OCH3 is 2. The number of piperidine rings is 1. The van der Waals surface area contributed by atoms with Gasteiger partial charge in [-0.1, -0.05) is 38.1 Å². The number of aliphatic hydroxyl groups is 1. The van der Waals surface area contributed by atoms with Gasteiger partial charge in [0.25, 0.3) is 21.8 Å². The number of nitro groups is 1. The number of esters is 1. The van der Waals surface area contributed by atoms with Crippen LogP contribution >= 0.6 is 0 Å². The highest BCUT2D eigenvalue weighted by Crippen LogP contribution is 2.53. The number of fused-ring (bicyclic) bond motifs is 1. The first-order valence-corrected chi connectivity index (χ1v) is 26.9. The zero-order valence-electron chi connectivity index (χ0n) is 42.6.